The summed E-state index contributed by atoms with van der Waals surface area (Å²) in [4.78, 5) is 26.6. The molecule has 0 unspecified atom stereocenters. The summed E-state index contributed by atoms with van der Waals surface area (Å²) in [5, 5.41) is 2.63. The topological polar surface area (TPSA) is 61.9 Å². The van der Waals surface area contributed by atoms with E-state index in [9.17, 15) is 9.59 Å². The third kappa shape index (κ3) is 2.95. The quantitative estimate of drug-likeness (QED) is 0.717. The molecule has 96 valence electrons. The predicted molar refractivity (Wildman–Crippen MR) is 61.6 cm³/mol. The summed E-state index contributed by atoms with van der Waals surface area (Å²) < 4.78 is 5.60. The van der Waals surface area contributed by atoms with Gasteiger partial charge in [0, 0.05) is 26.2 Å². The van der Waals surface area contributed by atoms with Gasteiger partial charge in [-0.05, 0) is 13.8 Å². The summed E-state index contributed by atoms with van der Waals surface area (Å²) in [6.07, 6.45) is 0.276. The summed E-state index contributed by atoms with van der Waals surface area (Å²) in [6, 6.07) is -0.274. The van der Waals surface area contributed by atoms with Crippen molar-refractivity contribution in [2.45, 2.75) is 26.1 Å². The molecule has 0 aromatic heterocycles. The Morgan fingerprint density at radius 2 is 2.06 bits per heavy atom. The monoisotopic (exact) mass is 241 g/mol. The van der Waals surface area contributed by atoms with Gasteiger partial charge in [-0.1, -0.05) is 0 Å². The van der Waals surface area contributed by atoms with Crippen molar-refractivity contribution in [1.29, 1.82) is 0 Å². The highest BCUT2D eigenvalue weighted by Crippen LogP contribution is 2.11. The number of ether oxygens (including phenoxy) is 1. The average Bonchev–Trinajstić information content (AvgIpc) is 2.62. The van der Waals surface area contributed by atoms with Crippen LogP contribution in [0.15, 0.2) is 0 Å². The molecule has 0 spiro atoms. The number of nitrogens with zero attached hydrogens (tertiary/aromatic N) is 2. The van der Waals surface area contributed by atoms with Gasteiger partial charge in [0.25, 0.3) is 0 Å². The first-order valence-electron chi connectivity index (χ1n) is 6.02. The molecule has 17 heavy (non-hydrogen) atoms. The summed E-state index contributed by atoms with van der Waals surface area (Å²) in [7, 11) is 0. The fraction of sp³-hybridized carbons (Fsp3) is 0.818. The first-order valence-corrected chi connectivity index (χ1v) is 6.02. The Bertz CT molecular complexity index is 311. The van der Waals surface area contributed by atoms with E-state index in [0.29, 0.717) is 19.6 Å². The Balaban J connectivity index is 1.87. The lowest BCUT2D eigenvalue weighted by atomic mass is 10.2. The smallest absolute Gasteiger partial charge is 0.324 e. The molecule has 3 amide bonds. The minimum atomic E-state index is -0.274. The van der Waals surface area contributed by atoms with Gasteiger partial charge in [-0.15, -0.1) is 0 Å². The SMILES string of the molecule is C[C@H]1CN(CC(=O)N2CCNC2=O)C[C@H](C)O1. The molecule has 0 aliphatic carbocycles. The Hall–Kier alpha value is -1.14. The van der Waals surface area contributed by atoms with E-state index in [4.69, 9.17) is 4.74 Å². The van der Waals surface area contributed by atoms with Gasteiger partial charge in [-0.2, -0.15) is 0 Å². The van der Waals surface area contributed by atoms with Crippen LogP contribution < -0.4 is 5.32 Å². The molecule has 2 heterocycles. The van der Waals surface area contributed by atoms with Gasteiger partial charge in [0.05, 0.1) is 18.8 Å². The fourth-order valence-electron chi connectivity index (χ4n) is 2.40. The Morgan fingerprint density at radius 1 is 1.41 bits per heavy atom. The van der Waals surface area contributed by atoms with E-state index in [0.717, 1.165) is 13.1 Å². The molecule has 2 rings (SSSR count). The van der Waals surface area contributed by atoms with Crippen molar-refractivity contribution in [2.75, 3.05) is 32.7 Å². The normalized spacial score (nSPS) is 30.5. The van der Waals surface area contributed by atoms with E-state index in [1.807, 2.05) is 18.7 Å². The van der Waals surface area contributed by atoms with Crippen molar-refractivity contribution in [1.82, 2.24) is 15.1 Å². The van der Waals surface area contributed by atoms with E-state index in [-0.39, 0.29) is 24.1 Å². The second kappa shape index (κ2) is 5.01. The summed E-state index contributed by atoms with van der Waals surface area (Å²) >= 11 is 0. The van der Waals surface area contributed by atoms with E-state index in [2.05, 4.69) is 5.32 Å². The highest BCUT2D eigenvalue weighted by molar-refractivity contribution is 5.96. The van der Waals surface area contributed by atoms with Crippen LogP contribution >= 0.6 is 0 Å². The van der Waals surface area contributed by atoms with Gasteiger partial charge in [-0.25, -0.2) is 4.79 Å². The van der Waals surface area contributed by atoms with Gasteiger partial charge in [0.15, 0.2) is 0 Å². The number of rotatable bonds is 2. The van der Waals surface area contributed by atoms with Crippen LogP contribution in [0.4, 0.5) is 4.79 Å². The van der Waals surface area contributed by atoms with E-state index in [1.165, 1.54) is 4.90 Å². The largest absolute Gasteiger partial charge is 0.373 e. The molecule has 0 radical (unpaired) electrons. The third-order valence-electron chi connectivity index (χ3n) is 3.01. The molecule has 0 saturated carbocycles. The zero-order valence-electron chi connectivity index (χ0n) is 10.3. The molecular weight excluding hydrogens is 222 g/mol. The van der Waals surface area contributed by atoms with Gasteiger partial charge in [0.2, 0.25) is 5.91 Å². The minimum absolute atomic E-state index is 0.124. The van der Waals surface area contributed by atoms with Crippen LogP contribution in [-0.4, -0.2) is 66.7 Å². The van der Waals surface area contributed by atoms with E-state index in [1.54, 1.807) is 0 Å². The maximum absolute atomic E-state index is 11.9. The van der Waals surface area contributed by atoms with Crippen LogP contribution in [0.3, 0.4) is 0 Å². The van der Waals surface area contributed by atoms with Gasteiger partial charge in [-0.3, -0.25) is 14.6 Å². The molecule has 0 aromatic carbocycles. The number of amides is 3. The Labute approximate surface area is 101 Å². The fourth-order valence-corrected chi connectivity index (χ4v) is 2.40. The van der Waals surface area contributed by atoms with Crippen LogP contribution in [0.2, 0.25) is 0 Å². The number of morpholine rings is 1. The molecule has 6 nitrogen and oxygen atoms in total. The summed E-state index contributed by atoms with van der Waals surface area (Å²) in [5.41, 5.74) is 0. The molecule has 2 atom stereocenters. The molecule has 0 aromatic rings. The first kappa shape index (κ1) is 12.3. The molecule has 2 aliphatic rings. The van der Waals surface area contributed by atoms with Crippen LogP contribution in [-0.2, 0) is 9.53 Å². The second-order valence-corrected chi connectivity index (χ2v) is 4.73. The lowest BCUT2D eigenvalue weighted by Crippen LogP contribution is -2.50. The summed E-state index contributed by atoms with van der Waals surface area (Å²) in [6.45, 7) is 6.81. The predicted octanol–water partition coefficient (Wildman–Crippen LogP) is -0.353. The number of hydrogen-bond acceptors (Lipinski definition) is 4. The van der Waals surface area contributed by atoms with Crippen molar-refractivity contribution >= 4 is 11.9 Å². The van der Waals surface area contributed by atoms with E-state index >= 15 is 0 Å². The Morgan fingerprint density at radius 3 is 2.59 bits per heavy atom. The number of hydrogen-bond donors (Lipinski definition) is 1. The standard InChI is InChI=1S/C11H19N3O3/c1-8-5-13(6-9(2)17-8)7-10(15)14-4-3-12-11(14)16/h8-9H,3-7H2,1-2H3,(H,12,16)/t8-,9-/m0/s1. The lowest BCUT2D eigenvalue weighted by molar-refractivity contribution is -0.132. The minimum Gasteiger partial charge on any atom is -0.373 e. The number of carbonyl (C=O) groups excluding carboxylic acids is 2. The number of imide groups is 1. The molecule has 0 bridgehead atoms. The highest BCUT2D eigenvalue weighted by atomic mass is 16.5. The van der Waals surface area contributed by atoms with Gasteiger partial charge >= 0.3 is 6.03 Å². The zero-order valence-corrected chi connectivity index (χ0v) is 10.3. The molecule has 1 N–H and O–H groups in total. The molecule has 2 fully saturated rings. The zero-order chi connectivity index (χ0) is 12.4. The van der Waals surface area contributed by atoms with Crippen LogP contribution in [0.5, 0.6) is 0 Å². The number of nitrogens with one attached hydrogen (secondary N) is 1. The van der Waals surface area contributed by atoms with Gasteiger partial charge in [0.1, 0.15) is 0 Å². The first-order chi connectivity index (χ1) is 8.06. The molecular formula is C11H19N3O3. The average molecular weight is 241 g/mol. The number of urea groups is 1. The van der Waals surface area contributed by atoms with Crippen molar-refractivity contribution in [3.05, 3.63) is 0 Å². The number of carbonyl (C=O) groups is 2. The van der Waals surface area contributed by atoms with E-state index < -0.39 is 0 Å². The van der Waals surface area contributed by atoms with Crippen LogP contribution in [0.1, 0.15) is 13.8 Å². The Kier molecular flexibility index (Phi) is 3.63. The maximum Gasteiger partial charge on any atom is 0.324 e. The molecule has 2 saturated heterocycles. The summed E-state index contributed by atoms with van der Waals surface area (Å²) in [5.74, 6) is -0.124. The van der Waals surface area contributed by atoms with Gasteiger partial charge < -0.3 is 10.1 Å². The third-order valence-corrected chi connectivity index (χ3v) is 3.01. The van der Waals surface area contributed by atoms with Crippen molar-refractivity contribution < 1.29 is 14.3 Å². The van der Waals surface area contributed by atoms with Crippen molar-refractivity contribution in [2.24, 2.45) is 0 Å². The van der Waals surface area contributed by atoms with Crippen LogP contribution in [0.25, 0.3) is 0 Å². The highest BCUT2D eigenvalue weighted by Gasteiger charge is 2.29. The van der Waals surface area contributed by atoms with Crippen molar-refractivity contribution in [3.63, 3.8) is 0 Å². The lowest BCUT2D eigenvalue weighted by Gasteiger charge is -2.35. The maximum atomic E-state index is 11.9. The second-order valence-electron chi connectivity index (χ2n) is 4.73. The molecule has 6 heteroatoms. The van der Waals surface area contributed by atoms with Crippen LogP contribution in [0, 0.1) is 0 Å². The molecule has 2 aliphatic heterocycles. The van der Waals surface area contributed by atoms with Crippen molar-refractivity contribution in [3.8, 4) is 0 Å².